The van der Waals surface area contributed by atoms with Gasteiger partial charge in [-0.3, -0.25) is 4.79 Å². The maximum atomic E-state index is 12.7. The highest BCUT2D eigenvalue weighted by molar-refractivity contribution is 7.89. The van der Waals surface area contributed by atoms with Gasteiger partial charge in [-0.25, -0.2) is 12.8 Å². The minimum atomic E-state index is -3.92. The quantitative estimate of drug-likeness (QED) is 0.798. The van der Waals surface area contributed by atoms with E-state index in [1.54, 1.807) is 6.07 Å². The monoisotopic (exact) mass is 286 g/mol. The van der Waals surface area contributed by atoms with Crippen LogP contribution in [-0.2, 0) is 19.6 Å². The van der Waals surface area contributed by atoms with Crippen molar-refractivity contribution in [3.8, 4) is 6.07 Å². The van der Waals surface area contributed by atoms with Crippen LogP contribution in [0.1, 0.15) is 6.92 Å². The minimum Gasteiger partial charge on any atom is -0.446 e. The zero-order valence-corrected chi connectivity index (χ0v) is 10.8. The van der Waals surface area contributed by atoms with Crippen molar-refractivity contribution in [2.24, 2.45) is 0 Å². The molecule has 8 heteroatoms. The van der Waals surface area contributed by atoms with Gasteiger partial charge in [0.25, 0.3) is 0 Å². The van der Waals surface area contributed by atoms with Crippen molar-refractivity contribution in [1.29, 1.82) is 5.26 Å². The smallest absolute Gasteiger partial charge is 0.322 e. The third-order valence-electron chi connectivity index (χ3n) is 2.02. The fourth-order valence-electron chi connectivity index (χ4n) is 1.12. The Balaban J connectivity index is 2.64. The number of carbonyl (C=O) groups is 1. The number of hydrogen-bond acceptors (Lipinski definition) is 5. The second-order valence-electron chi connectivity index (χ2n) is 3.54. The van der Waals surface area contributed by atoms with Crippen LogP contribution < -0.4 is 4.72 Å². The van der Waals surface area contributed by atoms with Crippen molar-refractivity contribution < 1.29 is 22.3 Å². The molecule has 0 fully saturated rings. The maximum Gasteiger partial charge on any atom is 0.322 e. The zero-order chi connectivity index (χ0) is 14.5. The summed E-state index contributed by atoms with van der Waals surface area (Å²) in [6.07, 6.45) is -0.956. The van der Waals surface area contributed by atoms with Crippen LogP contribution in [0.3, 0.4) is 0 Å². The van der Waals surface area contributed by atoms with Crippen LogP contribution in [0.5, 0.6) is 0 Å². The van der Waals surface area contributed by atoms with Crippen LogP contribution in [0.15, 0.2) is 29.2 Å². The molecule has 1 atom stereocenters. The highest BCUT2D eigenvalue weighted by Gasteiger charge is 2.17. The molecule has 1 aromatic carbocycles. The van der Waals surface area contributed by atoms with Crippen LogP contribution in [-0.4, -0.2) is 27.0 Å². The number of benzene rings is 1. The van der Waals surface area contributed by atoms with E-state index in [1.165, 1.54) is 6.92 Å². The molecule has 0 spiro atoms. The second kappa shape index (κ2) is 6.26. The molecule has 0 saturated heterocycles. The summed E-state index contributed by atoms with van der Waals surface area (Å²) >= 11 is 0. The van der Waals surface area contributed by atoms with Gasteiger partial charge in [0.1, 0.15) is 18.4 Å². The number of rotatable bonds is 5. The molecule has 1 N–H and O–H groups in total. The standard InChI is InChI=1S/C11H11FN2O4S/c1-8(6-13)18-11(15)7-14-19(16,17)10-4-2-9(12)3-5-10/h2-5,8,14H,7H2,1H3/t8-/m1/s1. The first-order chi connectivity index (χ1) is 8.85. The fraction of sp³-hybridized carbons (Fsp3) is 0.273. The average molecular weight is 286 g/mol. The van der Waals surface area contributed by atoms with E-state index in [0.29, 0.717) is 0 Å². The Labute approximate surface area is 109 Å². The van der Waals surface area contributed by atoms with Crippen molar-refractivity contribution >= 4 is 16.0 Å². The number of nitriles is 1. The lowest BCUT2D eigenvalue weighted by Crippen LogP contribution is -2.32. The molecule has 0 bridgehead atoms. The van der Waals surface area contributed by atoms with Gasteiger partial charge in [0, 0.05) is 0 Å². The third kappa shape index (κ3) is 4.65. The predicted molar refractivity (Wildman–Crippen MR) is 62.8 cm³/mol. The summed E-state index contributed by atoms with van der Waals surface area (Å²) in [5, 5.41) is 8.41. The van der Waals surface area contributed by atoms with Gasteiger partial charge in [0.15, 0.2) is 6.10 Å². The van der Waals surface area contributed by atoms with Gasteiger partial charge < -0.3 is 4.74 Å². The van der Waals surface area contributed by atoms with Gasteiger partial charge in [-0.2, -0.15) is 9.98 Å². The van der Waals surface area contributed by atoms with Gasteiger partial charge in [0.05, 0.1) is 4.90 Å². The van der Waals surface area contributed by atoms with Crippen molar-refractivity contribution in [3.63, 3.8) is 0 Å². The van der Waals surface area contributed by atoms with Crippen LogP contribution in [0, 0.1) is 17.1 Å². The van der Waals surface area contributed by atoms with Crippen molar-refractivity contribution in [2.45, 2.75) is 17.9 Å². The number of esters is 1. The first-order valence-corrected chi connectivity index (χ1v) is 6.68. The molecular formula is C11H11FN2O4S. The Kier molecular flexibility index (Phi) is 4.97. The van der Waals surface area contributed by atoms with Crippen molar-refractivity contribution in [2.75, 3.05) is 6.54 Å². The molecule has 0 radical (unpaired) electrons. The predicted octanol–water partition coefficient (Wildman–Crippen LogP) is 0.559. The molecule has 0 aliphatic heterocycles. The van der Waals surface area contributed by atoms with Gasteiger partial charge in [0.2, 0.25) is 10.0 Å². The molecule has 0 aliphatic carbocycles. The first-order valence-electron chi connectivity index (χ1n) is 5.19. The maximum absolute atomic E-state index is 12.7. The van der Waals surface area contributed by atoms with E-state index in [4.69, 9.17) is 5.26 Å². The van der Waals surface area contributed by atoms with E-state index in [2.05, 4.69) is 4.74 Å². The molecule has 0 aromatic heterocycles. The van der Waals surface area contributed by atoms with Crippen molar-refractivity contribution in [1.82, 2.24) is 4.72 Å². The Hall–Kier alpha value is -1.98. The molecule has 0 aliphatic rings. The molecule has 6 nitrogen and oxygen atoms in total. The van der Waals surface area contributed by atoms with E-state index in [-0.39, 0.29) is 4.90 Å². The van der Waals surface area contributed by atoms with Gasteiger partial charge in [-0.05, 0) is 31.2 Å². The summed E-state index contributed by atoms with van der Waals surface area (Å²) in [6.45, 7) is 0.748. The van der Waals surface area contributed by atoms with Gasteiger partial charge >= 0.3 is 5.97 Å². The highest BCUT2D eigenvalue weighted by Crippen LogP contribution is 2.09. The normalized spacial score (nSPS) is 12.5. The van der Waals surface area contributed by atoms with Gasteiger partial charge in [-0.15, -0.1) is 0 Å². The summed E-state index contributed by atoms with van der Waals surface area (Å²) < 4.78 is 42.6. The first kappa shape index (κ1) is 15.1. The summed E-state index contributed by atoms with van der Waals surface area (Å²) in [7, 11) is -3.92. The molecule has 1 rings (SSSR count). The van der Waals surface area contributed by atoms with Crippen LogP contribution in [0.25, 0.3) is 0 Å². The molecule has 1 aromatic rings. The minimum absolute atomic E-state index is 0.171. The Morgan fingerprint density at radius 1 is 1.47 bits per heavy atom. The molecule has 0 amide bonds. The SMILES string of the molecule is C[C@H](C#N)OC(=O)CNS(=O)(=O)c1ccc(F)cc1. The largest absolute Gasteiger partial charge is 0.446 e. The van der Waals surface area contributed by atoms with Crippen molar-refractivity contribution in [3.05, 3.63) is 30.1 Å². The summed E-state index contributed by atoms with van der Waals surface area (Å²) in [5.74, 6) is -1.44. The van der Waals surface area contributed by atoms with E-state index < -0.39 is 34.5 Å². The molecule has 0 unspecified atom stereocenters. The molecule has 0 heterocycles. The third-order valence-corrected chi connectivity index (χ3v) is 3.44. The van der Waals surface area contributed by atoms with Crippen LogP contribution >= 0.6 is 0 Å². The molecule has 102 valence electrons. The molecule has 19 heavy (non-hydrogen) atoms. The Bertz CT molecular complexity index is 592. The summed E-state index contributed by atoms with van der Waals surface area (Å²) in [6, 6.07) is 5.79. The molecule has 0 saturated carbocycles. The second-order valence-corrected chi connectivity index (χ2v) is 5.31. The lowest BCUT2D eigenvalue weighted by atomic mass is 10.4. The number of halogens is 1. The van der Waals surface area contributed by atoms with E-state index >= 15 is 0 Å². The lowest BCUT2D eigenvalue weighted by molar-refractivity contribution is -0.144. The summed E-state index contributed by atoms with van der Waals surface area (Å²) in [4.78, 5) is 11.0. The number of carbonyl (C=O) groups excluding carboxylic acids is 1. The number of nitrogens with zero attached hydrogens (tertiary/aromatic N) is 1. The Morgan fingerprint density at radius 2 is 2.05 bits per heavy atom. The number of sulfonamides is 1. The average Bonchev–Trinajstić information content (AvgIpc) is 2.37. The number of nitrogens with one attached hydrogen (secondary N) is 1. The van der Waals surface area contributed by atoms with Gasteiger partial charge in [-0.1, -0.05) is 0 Å². The number of ether oxygens (including phenoxy) is 1. The Morgan fingerprint density at radius 3 is 2.58 bits per heavy atom. The zero-order valence-electron chi connectivity index (χ0n) is 9.96. The number of hydrogen-bond donors (Lipinski definition) is 1. The van der Waals surface area contributed by atoms with E-state index in [9.17, 15) is 17.6 Å². The van der Waals surface area contributed by atoms with Crippen LogP contribution in [0.2, 0.25) is 0 Å². The fourth-order valence-corrected chi connectivity index (χ4v) is 2.09. The van der Waals surface area contributed by atoms with Crippen LogP contribution in [0.4, 0.5) is 4.39 Å². The summed E-state index contributed by atoms with van der Waals surface area (Å²) in [5.41, 5.74) is 0. The highest BCUT2D eigenvalue weighted by atomic mass is 32.2. The topological polar surface area (TPSA) is 96.3 Å². The molecular weight excluding hydrogens is 275 g/mol. The van der Waals surface area contributed by atoms with E-state index in [1.807, 2.05) is 4.72 Å². The van der Waals surface area contributed by atoms with E-state index in [0.717, 1.165) is 24.3 Å². The lowest BCUT2D eigenvalue weighted by Gasteiger charge is -2.08.